The number of benzene rings is 2. The van der Waals surface area contributed by atoms with Crippen LogP contribution in [0.3, 0.4) is 0 Å². The molecule has 0 spiro atoms. The van der Waals surface area contributed by atoms with Gasteiger partial charge in [-0.25, -0.2) is 14.4 Å². The molecule has 2 N–H and O–H groups in total. The third-order valence-electron chi connectivity index (χ3n) is 6.27. The average Bonchev–Trinajstić information content (AvgIpc) is 2.80. The second kappa shape index (κ2) is 8.61. The standard InChI is InChI=1S/C24H26FN5O/c25-19-5-7-20(8-6-19)28-23-13-24(27-16-26-23)30-12-10-21(22(31)15-30)29-11-9-17-3-1-2-4-18(17)14-29/h1-8,13,16,21-22,31H,9-12,14-15H2,(H,26,27,28)/t21?,22-/m0/s1. The molecule has 1 saturated heterocycles. The van der Waals surface area contributed by atoms with E-state index < -0.39 is 6.10 Å². The van der Waals surface area contributed by atoms with E-state index in [0.717, 1.165) is 44.0 Å². The Hall–Kier alpha value is -3.03. The Morgan fingerprint density at radius 1 is 1.00 bits per heavy atom. The average molecular weight is 420 g/mol. The van der Waals surface area contributed by atoms with Crippen molar-refractivity contribution in [1.82, 2.24) is 14.9 Å². The lowest BCUT2D eigenvalue weighted by Crippen LogP contribution is -2.55. The fourth-order valence-electron chi connectivity index (χ4n) is 4.62. The third-order valence-corrected chi connectivity index (χ3v) is 6.27. The largest absolute Gasteiger partial charge is 0.390 e. The zero-order valence-electron chi connectivity index (χ0n) is 17.3. The van der Waals surface area contributed by atoms with E-state index in [4.69, 9.17) is 0 Å². The molecule has 5 rings (SSSR count). The second-order valence-electron chi connectivity index (χ2n) is 8.25. The molecular formula is C24H26FN5O. The number of nitrogens with zero attached hydrogens (tertiary/aromatic N) is 4. The van der Waals surface area contributed by atoms with Crippen molar-refractivity contribution in [3.63, 3.8) is 0 Å². The van der Waals surface area contributed by atoms with Crippen molar-refractivity contribution in [3.05, 3.63) is 77.9 Å². The SMILES string of the molecule is O[C@H]1CN(c2cc(Nc3ccc(F)cc3)ncn2)CCC1N1CCc2ccccc2C1. The van der Waals surface area contributed by atoms with Gasteiger partial charge in [0.25, 0.3) is 0 Å². The number of halogens is 1. The molecule has 1 fully saturated rings. The van der Waals surface area contributed by atoms with Crippen molar-refractivity contribution >= 4 is 17.3 Å². The summed E-state index contributed by atoms with van der Waals surface area (Å²) >= 11 is 0. The van der Waals surface area contributed by atoms with Crippen LogP contribution in [0.5, 0.6) is 0 Å². The topological polar surface area (TPSA) is 64.5 Å². The fraction of sp³-hybridized carbons (Fsp3) is 0.333. The molecule has 0 saturated carbocycles. The van der Waals surface area contributed by atoms with Crippen molar-refractivity contribution in [3.8, 4) is 0 Å². The Balaban J connectivity index is 1.24. The first-order valence-electron chi connectivity index (χ1n) is 10.7. The maximum absolute atomic E-state index is 13.1. The molecule has 0 bridgehead atoms. The summed E-state index contributed by atoms with van der Waals surface area (Å²) < 4.78 is 13.1. The van der Waals surface area contributed by atoms with Crippen LogP contribution in [-0.4, -0.2) is 51.8 Å². The number of β-amino-alcohol motifs (C(OH)–C–C–N with tert-alkyl or cyclic N) is 1. The lowest BCUT2D eigenvalue weighted by molar-refractivity contribution is 0.0293. The predicted molar refractivity (Wildman–Crippen MR) is 119 cm³/mol. The minimum atomic E-state index is -0.442. The molecule has 0 aliphatic carbocycles. The zero-order chi connectivity index (χ0) is 21.2. The minimum Gasteiger partial charge on any atom is -0.390 e. The van der Waals surface area contributed by atoms with Crippen LogP contribution < -0.4 is 10.2 Å². The van der Waals surface area contributed by atoms with Gasteiger partial charge in [-0.15, -0.1) is 0 Å². The summed E-state index contributed by atoms with van der Waals surface area (Å²) in [4.78, 5) is 13.2. The van der Waals surface area contributed by atoms with Crippen molar-refractivity contribution < 1.29 is 9.50 Å². The molecule has 3 heterocycles. The van der Waals surface area contributed by atoms with E-state index in [-0.39, 0.29) is 11.9 Å². The maximum Gasteiger partial charge on any atom is 0.135 e. The number of anilines is 3. The van der Waals surface area contributed by atoms with Crippen molar-refractivity contribution in [2.75, 3.05) is 29.9 Å². The summed E-state index contributed by atoms with van der Waals surface area (Å²) in [7, 11) is 0. The van der Waals surface area contributed by atoms with Gasteiger partial charge in [0.15, 0.2) is 0 Å². The molecule has 2 atom stereocenters. The van der Waals surface area contributed by atoms with Gasteiger partial charge < -0.3 is 15.3 Å². The van der Waals surface area contributed by atoms with Gasteiger partial charge in [-0.1, -0.05) is 24.3 Å². The summed E-state index contributed by atoms with van der Waals surface area (Å²) in [6.07, 6.45) is 2.99. The highest BCUT2D eigenvalue weighted by Crippen LogP contribution is 2.27. The van der Waals surface area contributed by atoms with E-state index in [0.29, 0.717) is 12.4 Å². The van der Waals surface area contributed by atoms with Crippen LogP contribution in [0.25, 0.3) is 0 Å². The predicted octanol–water partition coefficient (Wildman–Crippen LogP) is 3.36. The van der Waals surface area contributed by atoms with Crippen LogP contribution in [0, 0.1) is 5.82 Å². The van der Waals surface area contributed by atoms with Gasteiger partial charge in [-0.2, -0.15) is 0 Å². The van der Waals surface area contributed by atoms with Gasteiger partial charge in [0.1, 0.15) is 23.8 Å². The molecule has 2 aromatic carbocycles. The van der Waals surface area contributed by atoms with Crippen LogP contribution >= 0.6 is 0 Å². The molecule has 1 aromatic heterocycles. The molecule has 2 aliphatic heterocycles. The van der Waals surface area contributed by atoms with E-state index >= 15 is 0 Å². The number of piperidine rings is 1. The van der Waals surface area contributed by atoms with Gasteiger partial charge in [-0.3, -0.25) is 4.90 Å². The normalized spacial score (nSPS) is 21.5. The third kappa shape index (κ3) is 4.38. The van der Waals surface area contributed by atoms with Crippen LogP contribution in [0.4, 0.5) is 21.7 Å². The molecule has 31 heavy (non-hydrogen) atoms. The highest BCUT2D eigenvalue weighted by Gasteiger charge is 2.34. The highest BCUT2D eigenvalue weighted by atomic mass is 19.1. The summed E-state index contributed by atoms with van der Waals surface area (Å²) in [6.45, 7) is 3.25. The maximum atomic E-state index is 13.1. The molecule has 3 aromatic rings. The minimum absolute atomic E-state index is 0.156. The number of aliphatic hydroxyl groups is 1. The number of rotatable bonds is 4. The summed E-state index contributed by atoms with van der Waals surface area (Å²) in [5.74, 6) is 1.14. The Morgan fingerprint density at radius 2 is 1.81 bits per heavy atom. The van der Waals surface area contributed by atoms with E-state index in [1.807, 2.05) is 6.07 Å². The Bertz CT molecular complexity index is 1040. The van der Waals surface area contributed by atoms with Crippen molar-refractivity contribution in [2.45, 2.75) is 31.5 Å². The molecule has 7 heteroatoms. The van der Waals surface area contributed by atoms with Gasteiger partial charge in [0, 0.05) is 44.0 Å². The van der Waals surface area contributed by atoms with E-state index in [9.17, 15) is 9.50 Å². The molecule has 2 aliphatic rings. The molecule has 160 valence electrons. The Labute approximate surface area is 181 Å². The van der Waals surface area contributed by atoms with Gasteiger partial charge in [0.05, 0.1) is 6.10 Å². The van der Waals surface area contributed by atoms with Gasteiger partial charge in [-0.05, 0) is 48.2 Å². The molecule has 1 unspecified atom stereocenters. The monoisotopic (exact) mass is 419 g/mol. The van der Waals surface area contributed by atoms with Crippen LogP contribution in [-0.2, 0) is 13.0 Å². The molecule has 0 amide bonds. The number of nitrogens with one attached hydrogen (secondary N) is 1. The summed E-state index contributed by atoms with van der Waals surface area (Å²) in [5, 5.41) is 14.1. The molecule has 6 nitrogen and oxygen atoms in total. The quantitative estimate of drug-likeness (QED) is 0.676. The smallest absolute Gasteiger partial charge is 0.135 e. The molecule has 0 radical (unpaired) electrons. The number of aliphatic hydroxyl groups excluding tert-OH is 1. The van der Waals surface area contributed by atoms with E-state index in [1.165, 1.54) is 29.6 Å². The lowest BCUT2D eigenvalue weighted by atomic mass is 9.94. The van der Waals surface area contributed by atoms with Crippen molar-refractivity contribution in [1.29, 1.82) is 0 Å². The lowest BCUT2D eigenvalue weighted by Gasteiger charge is -2.43. The zero-order valence-corrected chi connectivity index (χ0v) is 17.3. The number of hydrogen-bond acceptors (Lipinski definition) is 6. The van der Waals surface area contributed by atoms with Crippen LogP contribution in [0.2, 0.25) is 0 Å². The van der Waals surface area contributed by atoms with Crippen LogP contribution in [0.1, 0.15) is 17.5 Å². The van der Waals surface area contributed by atoms with E-state index in [2.05, 4.69) is 49.4 Å². The van der Waals surface area contributed by atoms with Gasteiger partial charge >= 0.3 is 0 Å². The fourth-order valence-corrected chi connectivity index (χ4v) is 4.62. The Kier molecular flexibility index (Phi) is 5.53. The first-order valence-corrected chi connectivity index (χ1v) is 10.7. The number of hydrogen-bond donors (Lipinski definition) is 2. The first kappa shape index (κ1) is 19.9. The van der Waals surface area contributed by atoms with E-state index in [1.54, 1.807) is 12.1 Å². The first-order chi connectivity index (χ1) is 15.2. The van der Waals surface area contributed by atoms with Crippen LogP contribution in [0.15, 0.2) is 60.9 Å². The summed E-state index contributed by atoms with van der Waals surface area (Å²) in [6, 6.07) is 16.8. The van der Waals surface area contributed by atoms with Gasteiger partial charge in [0.2, 0.25) is 0 Å². The second-order valence-corrected chi connectivity index (χ2v) is 8.25. The Morgan fingerprint density at radius 3 is 2.61 bits per heavy atom. The number of fused-ring (bicyclic) bond motifs is 1. The summed E-state index contributed by atoms with van der Waals surface area (Å²) in [5.41, 5.74) is 3.55. The highest BCUT2D eigenvalue weighted by molar-refractivity contribution is 5.59. The molecular weight excluding hydrogens is 393 g/mol. The number of aromatic nitrogens is 2. The van der Waals surface area contributed by atoms with Crippen molar-refractivity contribution in [2.24, 2.45) is 0 Å².